The van der Waals surface area contributed by atoms with E-state index in [0.717, 1.165) is 11.4 Å². The Balaban J connectivity index is 1.66. The molecule has 1 aliphatic rings. The molecular formula is C12H17N3O3S. The zero-order valence-corrected chi connectivity index (χ0v) is 11.3. The van der Waals surface area contributed by atoms with Crippen molar-refractivity contribution in [2.24, 2.45) is 5.41 Å². The molecule has 0 atom stereocenters. The van der Waals surface area contributed by atoms with Gasteiger partial charge < -0.3 is 15.7 Å². The number of carboxylic acid groups (broad SMARTS) is 1. The molecule has 104 valence electrons. The summed E-state index contributed by atoms with van der Waals surface area (Å²) in [6.45, 7) is 0.699. The highest BCUT2D eigenvalue weighted by Crippen LogP contribution is 2.40. The maximum absolute atomic E-state index is 11.5. The number of urea groups is 1. The zero-order chi connectivity index (χ0) is 13.7. The number of aromatic nitrogens is 1. The predicted molar refractivity (Wildman–Crippen MR) is 71.1 cm³/mol. The molecule has 1 aromatic rings. The van der Waals surface area contributed by atoms with Gasteiger partial charge in [-0.2, -0.15) is 0 Å². The number of nitrogens with one attached hydrogen (secondary N) is 2. The topological polar surface area (TPSA) is 91.3 Å². The van der Waals surface area contributed by atoms with Crippen LogP contribution < -0.4 is 10.6 Å². The van der Waals surface area contributed by atoms with Crippen molar-refractivity contribution in [3.63, 3.8) is 0 Å². The summed E-state index contributed by atoms with van der Waals surface area (Å²) in [6.07, 6.45) is 4.62. The molecule has 0 saturated heterocycles. The molecule has 0 radical (unpaired) electrons. The van der Waals surface area contributed by atoms with Crippen LogP contribution in [0, 0.1) is 5.41 Å². The number of amides is 2. The van der Waals surface area contributed by atoms with Crippen LogP contribution in [-0.2, 0) is 11.2 Å². The first-order chi connectivity index (χ1) is 9.12. The van der Waals surface area contributed by atoms with Gasteiger partial charge in [0.25, 0.3) is 0 Å². The van der Waals surface area contributed by atoms with Crippen molar-refractivity contribution < 1.29 is 14.7 Å². The van der Waals surface area contributed by atoms with Crippen LogP contribution in [-0.4, -0.2) is 35.2 Å². The van der Waals surface area contributed by atoms with E-state index in [4.69, 9.17) is 5.11 Å². The van der Waals surface area contributed by atoms with Gasteiger partial charge >= 0.3 is 12.0 Å². The minimum absolute atomic E-state index is 0.200. The summed E-state index contributed by atoms with van der Waals surface area (Å²) in [5.74, 6) is -0.818. The molecule has 1 aromatic heterocycles. The highest BCUT2D eigenvalue weighted by Gasteiger charge is 2.44. The Labute approximate surface area is 115 Å². The van der Waals surface area contributed by atoms with E-state index in [2.05, 4.69) is 15.6 Å². The number of carboxylic acids is 1. The van der Waals surface area contributed by atoms with Gasteiger partial charge in [0, 0.05) is 31.1 Å². The van der Waals surface area contributed by atoms with E-state index in [1.165, 1.54) is 0 Å². The second-order valence-corrected chi connectivity index (χ2v) is 5.70. The van der Waals surface area contributed by atoms with Crippen LogP contribution in [0.5, 0.6) is 0 Å². The second kappa shape index (κ2) is 6.01. The third-order valence-corrected chi connectivity index (χ3v) is 4.30. The molecule has 2 amide bonds. The molecule has 0 bridgehead atoms. The number of carbonyl (C=O) groups is 2. The lowest BCUT2D eigenvalue weighted by Crippen LogP contribution is -2.49. The zero-order valence-electron chi connectivity index (χ0n) is 10.5. The quantitative estimate of drug-likeness (QED) is 0.732. The van der Waals surface area contributed by atoms with Crippen LogP contribution in [0.4, 0.5) is 4.79 Å². The molecule has 19 heavy (non-hydrogen) atoms. The van der Waals surface area contributed by atoms with Gasteiger partial charge in [0.1, 0.15) is 0 Å². The highest BCUT2D eigenvalue weighted by molar-refractivity contribution is 7.09. The number of hydrogen-bond donors (Lipinski definition) is 3. The molecule has 7 heteroatoms. The first-order valence-electron chi connectivity index (χ1n) is 6.26. The van der Waals surface area contributed by atoms with E-state index in [9.17, 15) is 9.59 Å². The van der Waals surface area contributed by atoms with Gasteiger partial charge in [-0.3, -0.25) is 4.79 Å². The Morgan fingerprint density at radius 2 is 2.21 bits per heavy atom. The fourth-order valence-corrected chi connectivity index (χ4v) is 2.66. The first-order valence-corrected chi connectivity index (χ1v) is 7.14. The van der Waals surface area contributed by atoms with E-state index in [-0.39, 0.29) is 12.6 Å². The molecule has 1 saturated carbocycles. The minimum atomic E-state index is -0.818. The molecular weight excluding hydrogens is 266 g/mol. The van der Waals surface area contributed by atoms with Gasteiger partial charge in [0.15, 0.2) is 0 Å². The molecule has 0 spiro atoms. The maximum Gasteiger partial charge on any atom is 0.314 e. The number of carbonyl (C=O) groups excluding carboxylic acids is 1. The van der Waals surface area contributed by atoms with E-state index >= 15 is 0 Å². The molecule has 1 fully saturated rings. The summed E-state index contributed by atoms with van der Waals surface area (Å²) in [7, 11) is 0. The van der Waals surface area contributed by atoms with Crippen molar-refractivity contribution in [3.8, 4) is 0 Å². The number of rotatable bonds is 6. The standard InChI is InChI=1S/C12H17N3O3S/c16-10(17)12(3-1-4-12)8-15-11(18)14-5-2-9-13-6-7-19-9/h6-7H,1-5,8H2,(H,16,17)(H2,14,15,18). The fraction of sp³-hybridized carbons (Fsp3) is 0.583. The lowest BCUT2D eigenvalue weighted by molar-refractivity contribution is -0.153. The van der Waals surface area contributed by atoms with Crippen molar-refractivity contribution in [1.82, 2.24) is 15.6 Å². The van der Waals surface area contributed by atoms with Crippen LogP contribution in [0.1, 0.15) is 24.3 Å². The second-order valence-electron chi connectivity index (χ2n) is 4.72. The summed E-state index contributed by atoms with van der Waals surface area (Å²) in [6, 6.07) is -0.316. The normalized spacial score (nSPS) is 16.4. The predicted octanol–water partition coefficient (Wildman–Crippen LogP) is 1.24. The van der Waals surface area contributed by atoms with Crippen molar-refractivity contribution in [1.29, 1.82) is 0 Å². The summed E-state index contributed by atoms with van der Waals surface area (Å²) in [5.41, 5.74) is -0.743. The van der Waals surface area contributed by atoms with Crippen molar-refractivity contribution in [2.75, 3.05) is 13.1 Å². The smallest absolute Gasteiger partial charge is 0.314 e. The Hall–Kier alpha value is -1.63. The molecule has 1 heterocycles. The average molecular weight is 283 g/mol. The van der Waals surface area contributed by atoms with Crippen LogP contribution in [0.2, 0.25) is 0 Å². The van der Waals surface area contributed by atoms with Crippen LogP contribution >= 0.6 is 11.3 Å². The Bertz CT molecular complexity index is 443. The third-order valence-electron chi connectivity index (χ3n) is 3.46. The summed E-state index contributed by atoms with van der Waals surface area (Å²) in [4.78, 5) is 26.8. The average Bonchev–Trinajstić information content (AvgIpc) is 2.80. The van der Waals surface area contributed by atoms with Gasteiger partial charge in [-0.05, 0) is 12.8 Å². The lowest BCUT2D eigenvalue weighted by atomic mass is 9.69. The summed E-state index contributed by atoms with van der Waals surface area (Å²) in [5, 5.41) is 17.3. The van der Waals surface area contributed by atoms with E-state index in [1.54, 1.807) is 17.5 Å². The number of thiazole rings is 1. The Kier molecular flexibility index (Phi) is 4.36. The lowest BCUT2D eigenvalue weighted by Gasteiger charge is -2.37. The molecule has 0 aliphatic heterocycles. The monoisotopic (exact) mass is 283 g/mol. The molecule has 1 aliphatic carbocycles. The summed E-state index contributed by atoms with van der Waals surface area (Å²) >= 11 is 1.55. The molecule has 0 aromatic carbocycles. The molecule has 3 N–H and O–H groups in total. The Morgan fingerprint density at radius 3 is 2.74 bits per heavy atom. The van der Waals surface area contributed by atoms with E-state index in [1.807, 2.05) is 5.38 Å². The number of hydrogen-bond acceptors (Lipinski definition) is 4. The van der Waals surface area contributed by atoms with Gasteiger partial charge in [-0.15, -0.1) is 11.3 Å². The minimum Gasteiger partial charge on any atom is -0.481 e. The van der Waals surface area contributed by atoms with Crippen LogP contribution in [0.25, 0.3) is 0 Å². The van der Waals surface area contributed by atoms with Gasteiger partial charge in [-0.25, -0.2) is 9.78 Å². The van der Waals surface area contributed by atoms with E-state index < -0.39 is 11.4 Å². The maximum atomic E-state index is 11.5. The van der Waals surface area contributed by atoms with Crippen LogP contribution in [0.15, 0.2) is 11.6 Å². The first kappa shape index (κ1) is 13.8. The number of aliphatic carboxylic acids is 1. The van der Waals surface area contributed by atoms with Gasteiger partial charge in [0.05, 0.1) is 10.4 Å². The van der Waals surface area contributed by atoms with Crippen molar-refractivity contribution in [3.05, 3.63) is 16.6 Å². The van der Waals surface area contributed by atoms with Crippen LogP contribution in [0.3, 0.4) is 0 Å². The molecule has 0 unspecified atom stereocenters. The Morgan fingerprint density at radius 1 is 1.42 bits per heavy atom. The van der Waals surface area contributed by atoms with E-state index in [0.29, 0.717) is 25.8 Å². The third kappa shape index (κ3) is 3.44. The fourth-order valence-electron chi connectivity index (χ4n) is 2.04. The SMILES string of the molecule is O=C(NCCc1nccs1)NCC1(C(=O)O)CCC1. The number of nitrogens with zero attached hydrogens (tertiary/aromatic N) is 1. The van der Waals surface area contributed by atoms with Crippen molar-refractivity contribution in [2.45, 2.75) is 25.7 Å². The highest BCUT2D eigenvalue weighted by atomic mass is 32.1. The van der Waals surface area contributed by atoms with Crippen molar-refractivity contribution >= 4 is 23.3 Å². The van der Waals surface area contributed by atoms with Gasteiger partial charge in [-0.1, -0.05) is 6.42 Å². The summed E-state index contributed by atoms with van der Waals surface area (Å²) < 4.78 is 0. The largest absolute Gasteiger partial charge is 0.481 e. The van der Waals surface area contributed by atoms with Gasteiger partial charge in [0.2, 0.25) is 0 Å². The molecule has 2 rings (SSSR count). The molecule has 6 nitrogen and oxygen atoms in total.